The molecule has 0 amide bonds. The summed E-state index contributed by atoms with van der Waals surface area (Å²) in [5.74, 6) is 0. The molecule has 6 nitrogen and oxygen atoms in total. The Labute approximate surface area is 128 Å². The van der Waals surface area contributed by atoms with Crippen molar-refractivity contribution in [2.75, 3.05) is 0 Å². The van der Waals surface area contributed by atoms with Crippen LogP contribution in [0.4, 0.5) is 5.69 Å². The van der Waals surface area contributed by atoms with Gasteiger partial charge in [-0.1, -0.05) is 36.8 Å². The summed E-state index contributed by atoms with van der Waals surface area (Å²) in [6, 6.07) is 15.6. The van der Waals surface area contributed by atoms with E-state index < -0.39 is 14.9 Å². The van der Waals surface area contributed by atoms with Gasteiger partial charge in [0, 0.05) is 18.2 Å². The van der Waals surface area contributed by atoms with Gasteiger partial charge in [0.1, 0.15) is 0 Å². The number of nitrogens with zero attached hydrogens (tertiary/aromatic N) is 2. The predicted octanol–water partition coefficient (Wildman–Crippen LogP) is 2.38. The molecule has 0 spiro atoms. The molecule has 0 saturated heterocycles. The molecule has 0 bridgehead atoms. The van der Waals surface area contributed by atoms with Crippen LogP contribution in [0.15, 0.2) is 59.5 Å². The zero-order valence-electron chi connectivity index (χ0n) is 11.4. The minimum absolute atomic E-state index is 0.0245. The molecule has 2 rings (SSSR count). The molecule has 2 aromatic carbocycles. The second-order valence-corrected chi connectivity index (χ2v) is 6.24. The Morgan fingerprint density at radius 3 is 2.18 bits per heavy atom. The molecule has 0 atom stereocenters. The second kappa shape index (κ2) is 6.28. The number of rotatable bonds is 5. The van der Waals surface area contributed by atoms with Crippen molar-refractivity contribution in [2.24, 2.45) is 0 Å². The van der Waals surface area contributed by atoms with Crippen molar-refractivity contribution in [1.82, 2.24) is 4.31 Å². The maximum atomic E-state index is 12.5. The minimum Gasteiger partial charge on any atom is -0.258 e. The molecule has 0 aliphatic heterocycles. The van der Waals surface area contributed by atoms with E-state index in [4.69, 9.17) is 6.42 Å². The molecule has 0 radical (unpaired) electrons. The summed E-state index contributed by atoms with van der Waals surface area (Å²) in [5, 5.41) is 10.6. The topological polar surface area (TPSA) is 80.5 Å². The van der Waals surface area contributed by atoms with Gasteiger partial charge in [-0.25, -0.2) is 12.7 Å². The number of terminal acetylenes is 1. The molecule has 112 valence electrons. The zero-order chi connectivity index (χ0) is 16.2. The maximum Gasteiger partial charge on any atom is 0.271 e. The van der Waals surface area contributed by atoms with E-state index in [9.17, 15) is 18.5 Å². The zero-order valence-corrected chi connectivity index (χ0v) is 12.2. The number of sulfonamides is 1. The summed E-state index contributed by atoms with van der Waals surface area (Å²) < 4.78 is 25.8. The third kappa shape index (κ3) is 3.24. The molecule has 0 aliphatic rings. The lowest BCUT2D eigenvalue weighted by molar-refractivity contribution is -0.384. The first-order chi connectivity index (χ1) is 10.4. The van der Waals surface area contributed by atoms with Crippen LogP contribution in [-0.2, 0) is 16.6 Å². The Morgan fingerprint density at radius 2 is 1.68 bits per heavy atom. The summed E-state index contributed by atoms with van der Waals surface area (Å²) in [6.45, 7) is 0.0245. The van der Waals surface area contributed by atoms with Crippen LogP contribution in [0.1, 0.15) is 5.56 Å². The first-order valence-corrected chi connectivity index (χ1v) is 7.66. The fourth-order valence-corrected chi connectivity index (χ4v) is 3.01. The molecule has 0 unspecified atom stereocenters. The van der Waals surface area contributed by atoms with Gasteiger partial charge in [0.25, 0.3) is 15.7 Å². The summed E-state index contributed by atoms with van der Waals surface area (Å²) in [6.07, 6.45) is 5.31. The van der Waals surface area contributed by atoms with Gasteiger partial charge in [0.2, 0.25) is 0 Å². The standard InChI is InChI=1S/C15H12N2O4S/c1-2-16(12-13-6-4-3-5-7-13)22(20,21)15-10-8-14(9-11-15)17(18)19/h1,3-11H,12H2. The second-order valence-electron chi connectivity index (χ2n) is 4.38. The molecule has 0 aromatic heterocycles. The number of benzene rings is 2. The van der Waals surface area contributed by atoms with Crippen molar-refractivity contribution < 1.29 is 13.3 Å². The molecule has 0 aliphatic carbocycles. The summed E-state index contributed by atoms with van der Waals surface area (Å²) in [5.41, 5.74) is 0.556. The lowest BCUT2D eigenvalue weighted by atomic mass is 10.2. The van der Waals surface area contributed by atoms with Crippen LogP contribution >= 0.6 is 0 Å². The van der Waals surface area contributed by atoms with Gasteiger partial charge in [0.05, 0.1) is 16.4 Å². The number of non-ortho nitro benzene ring substituents is 1. The molecule has 22 heavy (non-hydrogen) atoms. The maximum absolute atomic E-state index is 12.5. The van der Waals surface area contributed by atoms with Crippen LogP contribution in [0.3, 0.4) is 0 Å². The van der Waals surface area contributed by atoms with Crippen molar-refractivity contribution in [3.05, 3.63) is 70.3 Å². The van der Waals surface area contributed by atoms with Gasteiger partial charge in [-0.2, -0.15) is 0 Å². The molecular formula is C15H12N2O4S. The Bertz CT molecular complexity index is 809. The number of nitro groups is 1. The lowest BCUT2D eigenvalue weighted by Crippen LogP contribution is -2.26. The highest BCUT2D eigenvalue weighted by atomic mass is 32.2. The van der Waals surface area contributed by atoms with E-state index in [1.54, 1.807) is 24.3 Å². The molecular weight excluding hydrogens is 304 g/mol. The summed E-state index contributed by atoms with van der Waals surface area (Å²) >= 11 is 0. The van der Waals surface area contributed by atoms with Crippen LogP contribution in [0.2, 0.25) is 0 Å². The van der Waals surface area contributed by atoms with Gasteiger partial charge in [-0.05, 0) is 17.7 Å². The van der Waals surface area contributed by atoms with Crippen molar-refractivity contribution >= 4 is 15.7 Å². The van der Waals surface area contributed by atoms with E-state index in [2.05, 4.69) is 6.04 Å². The van der Waals surface area contributed by atoms with Crippen LogP contribution in [-0.4, -0.2) is 17.6 Å². The molecule has 0 N–H and O–H groups in total. The van der Waals surface area contributed by atoms with Gasteiger partial charge >= 0.3 is 0 Å². The minimum atomic E-state index is -3.92. The number of nitro benzene ring substituents is 1. The van der Waals surface area contributed by atoms with Crippen LogP contribution in [0.5, 0.6) is 0 Å². The van der Waals surface area contributed by atoms with Crippen molar-refractivity contribution in [3.63, 3.8) is 0 Å². The third-order valence-corrected chi connectivity index (χ3v) is 4.63. The van der Waals surface area contributed by atoms with Crippen LogP contribution < -0.4 is 0 Å². The van der Waals surface area contributed by atoms with Gasteiger partial charge in [0.15, 0.2) is 0 Å². The SMILES string of the molecule is C#CN(Cc1ccccc1)S(=O)(=O)c1ccc([N+](=O)[O-])cc1. The van der Waals surface area contributed by atoms with E-state index in [1.165, 1.54) is 12.1 Å². The fourth-order valence-electron chi connectivity index (χ4n) is 1.82. The predicted molar refractivity (Wildman–Crippen MR) is 81.1 cm³/mol. The highest BCUT2D eigenvalue weighted by molar-refractivity contribution is 7.89. The van der Waals surface area contributed by atoms with Gasteiger partial charge < -0.3 is 0 Å². The highest BCUT2D eigenvalue weighted by Gasteiger charge is 2.23. The van der Waals surface area contributed by atoms with E-state index in [0.29, 0.717) is 0 Å². The summed E-state index contributed by atoms with van der Waals surface area (Å²) in [4.78, 5) is 9.92. The molecule has 0 saturated carbocycles. The average Bonchev–Trinajstić information content (AvgIpc) is 2.53. The average molecular weight is 316 g/mol. The Kier molecular flexibility index (Phi) is 4.44. The Balaban J connectivity index is 2.31. The molecule has 0 fully saturated rings. The first-order valence-electron chi connectivity index (χ1n) is 6.22. The van der Waals surface area contributed by atoms with Gasteiger partial charge in [-0.15, -0.1) is 0 Å². The number of hydrogen-bond donors (Lipinski definition) is 0. The normalized spacial score (nSPS) is 10.7. The Hall–Kier alpha value is -2.85. The monoisotopic (exact) mass is 316 g/mol. The van der Waals surface area contributed by atoms with Crippen molar-refractivity contribution in [2.45, 2.75) is 11.4 Å². The third-order valence-electron chi connectivity index (χ3n) is 2.95. The van der Waals surface area contributed by atoms with Gasteiger partial charge in [-0.3, -0.25) is 10.1 Å². The van der Waals surface area contributed by atoms with E-state index >= 15 is 0 Å². The van der Waals surface area contributed by atoms with Crippen LogP contribution in [0.25, 0.3) is 0 Å². The van der Waals surface area contributed by atoms with Crippen LogP contribution in [0, 0.1) is 22.6 Å². The fraction of sp³-hybridized carbons (Fsp3) is 0.0667. The lowest BCUT2D eigenvalue weighted by Gasteiger charge is -2.17. The number of hydrogen-bond acceptors (Lipinski definition) is 4. The van der Waals surface area contributed by atoms with E-state index in [1.807, 2.05) is 6.07 Å². The van der Waals surface area contributed by atoms with E-state index in [0.717, 1.165) is 22.0 Å². The van der Waals surface area contributed by atoms with Crippen molar-refractivity contribution in [1.29, 1.82) is 0 Å². The summed E-state index contributed by atoms with van der Waals surface area (Å²) in [7, 11) is -3.92. The highest BCUT2D eigenvalue weighted by Crippen LogP contribution is 2.20. The molecule has 0 heterocycles. The quantitative estimate of drug-likeness (QED) is 0.367. The first kappa shape index (κ1) is 15.5. The smallest absolute Gasteiger partial charge is 0.258 e. The van der Waals surface area contributed by atoms with E-state index in [-0.39, 0.29) is 17.1 Å². The Morgan fingerprint density at radius 1 is 1.09 bits per heavy atom. The molecule has 7 heteroatoms. The molecule has 2 aromatic rings. The largest absolute Gasteiger partial charge is 0.271 e. The van der Waals surface area contributed by atoms with Crippen molar-refractivity contribution in [3.8, 4) is 12.5 Å².